The summed E-state index contributed by atoms with van der Waals surface area (Å²) in [6.07, 6.45) is 0.160. The maximum atomic E-state index is 13.4. The van der Waals surface area contributed by atoms with Crippen LogP contribution in [-0.4, -0.2) is 38.7 Å². The Hall–Kier alpha value is -4.80. The lowest BCUT2D eigenvalue weighted by molar-refractivity contribution is -0.131. The largest absolute Gasteiger partial charge is 0.460 e. The third kappa shape index (κ3) is 5.25. The molecule has 0 saturated carbocycles. The maximum absolute atomic E-state index is 13.4. The first-order valence-corrected chi connectivity index (χ1v) is 11.5. The summed E-state index contributed by atoms with van der Waals surface area (Å²) < 4.78 is 24.9. The van der Waals surface area contributed by atoms with Gasteiger partial charge in [0.2, 0.25) is 6.36 Å². The van der Waals surface area contributed by atoms with Crippen molar-refractivity contribution in [3.8, 4) is 11.5 Å². The zero-order chi connectivity index (χ0) is 25.9. The molecular weight excluding hydrogens is 481 g/mol. The van der Waals surface area contributed by atoms with Gasteiger partial charge in [-0.2, -0.15) is 5.10 Å². The average molecular weight is 503 g/mol. The number of nitrogens with zero attached hydrogens (tertiary/aromatic N) is 3. The minimum absolute atomic E-state index is 0.0350. The lowest BCUT2D eigenvalue weighted by Gasteiger charge is -2.13. The van der Waals surface area contributed by atoms with Crippen LogP contribution in [0.5, 0.6) is 11.5 Å². The van der Waals surface area contributed by atoms with E-state index in [1.165, 1.54) is 23.7 Å². The van der Waals surface area contributed by atoms with E-state index >= 15 is 0 Å². The molecule has 2 aromatic heterocycles. The van der Waals surface area contributed by atoms with Gasteiger partial charge >= 0.3 is 5.97 Å². The Labute approximate surface area is 210 Å². The van der Waals surface area contributed by atoms with Gasteiger partial charge in [0.15, 0.2) is 5.65 Å². The number of nitrogens with one attached hydrogen (secondary N) is 2. The highest BCUT2D eigenvalue weighted by atomic mass is 19.1. The monoisotopic (exact) mass is 503 g/mol. The van der Waals surface area contributed by atoms with Gasteiger partial charge in [-0.15, -0.1) is 0 Å². The molecule has 188 valence electrons. The van der Waals surface area contributed by atoms with Crippen LogP contribution in [0.25, 0.3) is 5.65 Å². The lowest BCUT2D eigenvalue weighted by Crippen LogP contribution is -2.28. The standard InChI is InChI=1S/C26H22FN5O5/c1-15(27)36-21-5-3-2-4-17(21)14-29-26(35)20-12-19(31-23-8-9-30-32(20)23)25(34)28-13-16-6-7-22-18(10-16)11-24(33)37-22/h2-10,12,15H,11,13-14H2,1H3,(H,28,34)(H,29,35). The van der Waals surface area contributed by atoms with E-state index in [0.717, 1.165) is 11.1 Å². The van der Waals surface area contributed by atoms with Crippen LogP contribution in [0.1, 0.15) is 44.6 Å². The molecule has 2 N–H and O–H groups in total. The molecule has 1 aliphatic rings. The highest BCUT2D eigenvalue weighted by molar-refractivity contribution is 5.98. The second-order valence-electron chi connectivity index (χ2n) is 8.35. The van der Waals surface area contributed by atoms with Gasteiger partial charge in [-0.25, -0.2) is 13.9 Å². The van der Waals surface area contributed by atoms with E-state index in [2.05, 4.69) is 20.7 Å². The van der Waals surface area contributed by atoms with Crippen LogP contribution < -0.4 is 20.1 Å². The Morgan fingerprint density at radius 1 is 1.11 bits per heavy atom. The van der Waals surface area contributed by atoms with Gasteiger partial charge in [-0.3, -0.25) is 14.4 Å². The van der Waals surface area contributed by atoms with E-state index in [1.807, 2.05) is 0 Å². The molecule has 0 bridgehead atoms. The van der Waals surface area contributed by atoms with Crippen LogP contribution in [0.4, 0.5) is 4.39 Å². The number of halogens is 1. The maximum Gasteiger partial charge on any atom is 0.315 e. The van der Waals surface area contributed by atoms with E-state index < -0.39 is 18.2 Å². The predicted octanol–water partition coefficient (Wildman–Crippen LogP) is 2.75. The molecule has 2 aromatic carbocycles. The zero-order valence-corrected chi connectivity index (χ0v) is 19.7. The summed E-state index contributed by atoms with van der Waals surface area (Å²) in [5, 5.41) is 9.68. The molecule has 1 aliphatic heterocycles. The topological polar surface area (TPSA) is 124 Å². The molecule has 0 aliphatic carbocycles. The van der Waals surface area contributed by atoms with E-state index in [9.17, 15) is 18.8 Å². The highest BCUT2D eigenvalue weighted by Crippen LogP contribution is 2.26. The lowest BCUT2D eigenvalue weighted by atomic mass is 10.1. The molecule has 1 atom stereocenters. The Morgan fingerprint density at radius 2 is 1.92 bits per heavy atom. The molecular formula is C26H22FN5O5. The number of rotatable bonds is 8. The molecule has 0 fully saturated rings. The first-order valence-electron chi connectivity index (χ1n) is 11.5. The third-order valence-corrected chi connectivity index (χ3v) is 5.66. The minimum atomic E-state index is -1.51. The molecule has 4 aromatic rings. The van der Waals surface area contributed by atoms with Gasteiger partial charge in [0, 0.05) is 43.3 Å². The summed E-state index contributed by atoms with van der Waals surface area (Å²) >= 11 is 0. The number of ether oxygens (including phenoxy) is 2. The summed E-state index contributed by atoms with van der Waals surface area (Å²) in [5.74, 6) is -0.456. The predicted molar refractivity (Wildman–Crippen MR) is 129 cm³/mol. The molecule has 2 amide bonds. The van der Waals surface area contributed by atoms with Crippen molar-refractivity contribution in [2.24, 2.45) is 0 Å². The molecule has 10 nitrogen and oxygen atoms in total. The molecule has 0 spiro atoms. The van der Waals surface area contributed by atoms with E-state index in [0.29, 0.717) is 22.7 Å². The molecule has 11 heteroatoms. The average Bonchev–Trinajstić information content (AvgIpc) is 3.50. The number of hydrogen-bond donors (Lipinski definition) is 2. The minimum Gasteiger partial charge on any atom is -0.460 e. The first-order chi connectivity index (χ1) is 17.9. The molecule has 1 unspecified atom stereocenters. The first kappa shape index (κ1) is 23.9. The number of amides is 2. The van der Waals surface area contributed by atoms with E-state index in [-0.39, 0.29) is 36.9 Å². The zero-order valence-electron chi connectivity index (χ0n) is 19.7. The summed E-state index contributed by atoms with van der Waals surface area (Å²) in [4.78, 5) is 41.7. The fourth-order valence-corrected chi connectivity index (χ4v) is 3.96. The Morgan fingerprint density at radius 3 is 2.76 bits per heavy atom. The van der Waals surface area contributed by atoms with Gasteiger partial charge in [0.05, 0.1) is 12.6 Å². The van der Waals surface area contributed by atoms with Crippen molar-refractivity contribution in [1.29, 1.82) is 0 Å². The van der Waals surface area contributed by atoms with Gasteiger partial charge in [0.25, 0.3) is 11.8 Å². The number of carbonyl (C=O) groups is 3. The van der Waals surface area contributed by atoms with Crippen molar-refractivity contribution in [3.05, 3.63) is 88.9 Å². The van der Waals surface area contributed by atoms with Crippen molar-refractivity contribution in [2.45, 2.75) is 32.8 Å². The highest BCUT2D eigenvalue weighted by Gasteiger charge is 2.21. The third-order valence-electron chi connectivity index (χ3n) is 5.66. The van der Waals surface area contributed by atoms with Gasteiger partial charge in [-0.05, 0) is 23.8 Å². The number of carbonyl (C=O) groups excluding carboxylic acids is 3. The summed E-state index contributed by atoms with van der Waals surface area (Å²) in [6, 6.07) is 15.0. The summed E-state index contributed by atoms with van der Waals surface area (Å²) in [5.41, 5.74) is 2.60. The number of alkyl halides is 1. The molecule has 0 saturated heterocycles. The van der Waals surface area contributed by atoms with Crippen molar-refractivity contribution in [1.82, 2.24) is 25.2 Å². The number of para-hydroxylation sites is 1. The Bertz CT molecular complexity index is 1520. The van der Waals surface area contributed by atoms with Crippen LogP contribution in [0, 0.1) is 0 Å². The summed E-state index contributed by atoms with van der Waals surface area (Å²) in [6.45, 7) is 1.53. The van der Waals surface area contributed by atoms with Crippen LogP contribution in [0.2, 0.25) is 0 Å². The number of hydrogen-bond acceptors (Lipinski definition) is 7. The molecule has 37 heavy (non-hydrogen) atoms. The van der Waals surface area contributed by atoms with Crippen LogP contribution in [-0.2, 0) is 24.3 Å². The van der Waals surface area contributed by atoms with Crippen LogP contribution >= 0.6 is 0 Å². The fraction of sp³-hybridized carbons (Fsp3) is 0.192. The number of benzene rings is 2. The number of fused-ring (bicyclic) bond motifs is 2. The SMILES string of the molecule is CC(F)Oc1ccccc1CNC(=O)c1cc(C(=O)NCc2ccc3c(c2)CC(=O)O3)nc2ccnn12. The smallest absolute Gasteiger partial charge is 0.315 e. The van der Waals surface area contributed by atoms with Crippen LogP contribution in [0.15, 0.2) is 60.8 Å². The normalized spacial score (nSPS) is 13.1. The van der Waals surface area contributed by atoms with Gasteiger partial charge < -0.3 is 20.1 Å². The van der Waals surface area contributed by atoms with Gasteiger partial charge in [0.1, 0.15) is 22.9 Å². The second-order valence-corrected chi connectivity index (χ2v) is 8.35. The van der Waals surface area contributed by atoms with Crippen molar-refractivity contribution < 1.29 is 28.2 Å². The summed E-state index contributed by atoms with van der Waals surface area (Å²) in [7, 11) is 0. The van der Waals surface area contributed by atoms with E-state index in [4.69, 9.17) is 9.47 Å². The Balaban J connectivity index is 1.31. The van der Waals surface area contributed by atoms with Crippen molar-refractivity contribution >= 4 is 23.4 Å². The number of esters is 1. The number of aromatic nitrogens is 3. The quantitative estimate of drug-likeness (QED) is 0.280. The van der Waals surface area contributed by atoms with E-state index in [1.54, 1.807) is 48.5 Å². The fourth-order valence-electron chi connectivity index (χ4n) is 3.96. The Kier molecular flexibility index (Phi) is 6.50. The molecule has 0 radical (unpaired) electrons. The molecule has 3 heterocycles. The van der Waals surface area contributed by atoms with Gasteiger partial charge in [-0.1, -0.05) is 24.3 Å². The molecule has 5 rings (SSSR count). The van der Waals surface area contributed by atoms with Crippen molar-refractivity contribution in [2.75, 3.05) is 0 Å². The second kappa shape index (κ2) is 10.1. The van der Waals surface area contributed by atoms with Crippen molar-refractivity contribution in [3.63, 3.8) is 0 Å². The van der Waals surface area contributed by atoms with Crippen LogP contribution in [0.3, 0.4) is 0 Å².